The summed E-state index contributed by atoms with van der Waals surface area (Å²) >= 11 is 2.03. The number of hydrogen-bond donors (Lipinski definition) is 1. The Labute approximate surface area is 224 Å². The number of nitrogens with one attached hydrogen (secondary N) is 1. The Morgan fingerprint density at radius 3 is 2.38 bits per heavy atom. The van der Waals surface area contributed by atoms with Crippen molar-refractivity contribution in [2.24, 2.45) is 0 Å². The summed E-state index contributed by atoms with van der Waals surface area (Å²) in [5.74, 6) is 0.0371. The van der Waals surface area contributed by atoms with E-state index in [1.807, 2.05) is 28.7 Å². The molecule has 3 rings (SSSR count). The number of hydrogen-bond acceptors (Lipinski definition) is 8. The number of nitro benzene ring substituents is 2. The number of anilines is 1. The smallest absolute Gasteiger partial charge is 0.271 e. The first-order valence-corrected chi connectivity index (χ1v) is 11.8. The lowest BCUT2D eigenvalue weighted by Gasteiger charge is -2.15. The van der Waals surface area contributed by atoms with Crippen LogP contribution in [0.2, 0.25) is 0 Å². The summed E-state index contributed by atoms with van der Waals surface area (Å²) in [7, 11) is 0. The molecular formula is C25H19IN4O7. The van der Waals surface area contributed by atoms with Crippen LogP contribution in [0.25, 0.3) is 6.08 Å². The summed E-state index contributed by atoms with van der Waals surface area (Å²) in [4.78, 5) is 33.6. The van der Waals surface area contributed by atoms with Gasteiger partial charge in [0, 0.05) is 30.0 Å². The van der Waals surface area contributed by atoms with Gasteiger partial charge in [0.05, 0.1) is 20.0 Å². The van der Waals surface area contributed by atoms with Crippen LogP contribution >= 0.6 is 22.6 Å². The van der Waals surface area contributed by atoms with E-state index < -0.39 is 15.8 Å². The highest BCUT2D eigenvalue weighted by molar-refractivity contribution is 14.1. The minimum atomic E-state index is -0.734. The van der Waals surface area contributed by atoms with Gasteiger partial charge in [-0.05, 0) is 64.9 Å². The van der Waals surface area contributed by atoms with Gasteiger partial charge in [-0.3, -0.25) is 25.0 Å². The number of ether oxygens (including phenoxy) is 2. The van der Waals surface area contributed by atoms with Crippen LogP contribution < -0.4 is 14.8 Å². The van der Waals surface area contributed by atoms with Gasteiger partial charge in [0.1, 0.15) is 18.2 Å². The second-order valence-electron chi connectivity index (χ2n) is 7.41. The summed E-state index contributed by atoms with van der Waals surface area (Å²) in [5.41, 5.74) is 0.790. The fourth-order valence-corrected chi connectivity index (χ4v) is 3.98. The molecule has 0 bridgehead atoms. The summed E-state index contributed by atoms with van der Waals surface area (Å²) in [6.45, 7) is 2.16. The molecule has 0 saturated heterocycles. The van der Waals surface area contributed by atoms with E-state index in [0.717, 1.165) is 0 Å². The summed E-state index contributed by atoms with van der Waals surface area (Å²) < 4.78 is 12.2. The number of carbonyl (C=O) groups excluding carboxylic acids is 1. The van der Waals surface area contributed by atoms with Gasteiger partial charge < -0.3 is 14.8 Å². The van der Waals surface area contributed by atoms with Gasteiger partial charge in [0.25, 0.3) is 17.3 Å². The zero-order chi connectivity index (χ0) is 26.9. The predicted molar refractivity (Wildman–Crippen MR) is 143 cm³/mol. The Morgan fingerprint density at radius 2 is 1.73 bits per heavy atom. The third kappa shape index (κ3) is 7.24. The zero-order valence-electron chi connectivity index (χ0n) is 19.3. The quantitative estimate of drug-likeness (QED) is 0.101. The van der Waals surface area contributed by atoms with E-state index in [4.69, 9.17) is 9.47 Å². The largest absolute Gasteiger partial charge is 0.490 e. The number of nitrogens with zero attached hydrogens (tertiary/aromatic N) is 3. The molecule has 188 valence electrons. The summed E-state index contributed by atoms with van der Waals surface area (Å²) in [6, 6.07) is 16.6. The maximum atomic E-state index is 12.6. The molecule has 0 radical (unpaired) electrons. The molecule has 1 N–H and O–H groups in total. The molecule has 11 nitrogen and oxygen atoms in total. The molecule has 0 spiro atoms. The normalized spacial score (nSPS) is 10.8. The maximum absolute atomic E-state index is 12.6. The summed E-state index contributed by atoms with van der Waals surface area (Å²) in [6.07, 6.45) is 1.36. The summed E-state index contributed by atoms with van der Waals surface area (Å²) in [5, 5.41) is 34.0. The number of non-ortho nitro benzene ring substituents is 2. The van der Waals surface area contributed by atoms with Crippen molar-refractivity contribution in [3.8, 4) is 17.6 Å². The van der Waals surface area contributed by atoms with Crippen molar-refractivity contribution in [3.05, 3.63) is 101 Å². The van der Waals surface area contributed by atoms with E-state index in [1.54, 1.807) is 31.2 Å². The molecular weight excluding hydrogens is 595 g/mol. The molecule has 0 fully saturated rings. The Kier molecular flexibility index (Phi) is 9.11. The van der Waals surface area contributed by atoms with Crippen molar-refractivity contribution >= 4 is 51.6 Å². The number of amides is 1. The number of nitro groups is 2. The molecule has 0 aromatic heterocycles. The Balaban J connectivity index is 1.85. The van der Waals surface area contributed by atoms with Gasteiger partial charge in [-0.25, -0.2) is 0 Å². The van der Waals surface area contributed by atoms with Crippen LogP contribution in [0.15, 0.2) is 66.2 Å². The molecule has 0 aliphatic heterocycles. The van der Waals surface area contributed by atoms with Crippen LogP contribution in [0.5, 0.6) is 11.5 Å². The first-order chi connectivity index (χ1) is 17.7. The average molecular weight is 614 g/mol. The van der Waals surface area contributed by atoms with Gasteiger partial charge in [0.2, 0.25) is 0 Å². The van der Waals surface area contributed by atoms with Gasteiger partial charge >= 0.3 is 0 Å². The SMILES string of the molecule is CCOc1cc(/C=C(\C#N)C(=O)Nc2cccc([N+](=O)[O-])c2)cc(I)c1OCc1cccc([N+](=O)[O-])c1. The minimum absolute atomic E-state index is 0.0475. The van der Waals surface area contributed by atoms with E-state index in [2.05, 4.69) is 5.32 Å². The van der Waals surface area contributed by atoms with E-state index in [1.165, 1.54) is 42.5 Å². The van der Waals surface area contributed by atoms with Crippen molar-refractivity contribution < 1.29 is 24.1 Å². The molecule has 0 aliphatic carbocycles. The van der Waals surface area contributed by atoms with E-state index in [0.29, 0.717) is 32.8 Å². The van der Waals surface area contributed by atoms with Crippen molar-refractivity contribution in [2.75, 3.05) is 11.9 Å². The zero-order valence-corrected chi connectivity index (χ0v) is 21.5. The lowest BCUT2D eigenvalue weighted by atomic mass is 10.1. The first-order valence-electron chi connectivity index (χ1n) is 10.7. The molecule has 1 amide bonds. The number of benzene rings is 3. The fraction of sp³-hybridized carbons (Fsp3) is 0.120. The van der Waals surface area contributed by atoms with Crippen LogP contribution in [0.3, 0.4) is 0 Å². The number of carbonyl (C=O) groups is 1. The fourth-order valence-electron chi connectivity index (χ4n) is 3.20. The third-order valence-corrected chi connectivity index (χ3v) is 5.63. The van der Waals surface area contributed by atoms with Gasteiger partial charge in [-0.15, -0.1) is 0 Å². The second-order valence-corrected chi connectivity index (χ2v) is 8.57. The molecule has 3 aromatic carbocycles. The Bertz CT molecular complexity index is 1430. The van der Waals surface area contributed by atoms with Crippen LogP contribution in [0, 0.1) is 35.1 Å². The monoisotopic (exact) mass is 614 g/mol. The van der Waals surface area contributed by atoms with Gasteiger partial charge in [-0.2, -0.15) is 5.26 Å². The molecule has 3 aromatic rings. The highest BCUT2D eigenvalue weighted by atomic mass is 127. The van der Waals surface area contributed by atoms with E-state index >= 15 is 0 Å². The van der Waals surface area contributed by atoms with Crippen LogP contribution in [-0.4, -0.2) is 22.4 Å². The number of nitriles is 1. The first kappa shape index (κ1) is 27.1. The van der Waals surface area contributed by atoms with Gasteiger partial charge in [-0.1, -0.05) is 18.2 Å². The molecule has 0 unspecified atom stereocenters. The molecule has 0 heterocycles. The lowest BCUT2D eigenvalue weighted by Crippen LogP contribution is -2.13. The minimum Gasteiger partial charge on any atom is -0.490 e. The van der Waals surface area contributed by atoms with Crippen molar-refractivity contribution in [1.29, 1.82) is 5.26 Å². The molecule has 0 atom stereocenters. The van der Waals surface area contributed by atoms with Crippen LogP contribution in [0.1, 0.15) is 18.1 Å². The van der Waals surface area contributed by atoms with E-state index in [-0.39, 0.29) is 29.2 Å². The van der Waals surface area contributed by atoms with Crippen molar-refractivity contribution in [1.82, 2.24) is 0 Å². The second kappa shape index (κ2) is 12.5. The molecule has 0 saturated carbocycles. The number of rotatable bonds is 10. The molecule has 12 heteroatoms. The van der Waals surface area contributed by atoms with Crippen LogP contribution in [-0.2, 0) is 11.4 Å². The Hall–Kier alpha value is -4.51. The third-order valence-electron chi connectivity index (χ3n) is 4.83. The topological polar surface area (TPSA) is 158 Å². The molecule has 0 aliphatic rings. The molecule has 37 heavy (non-hydrogen) atoms. The predicted octanol–water partition coefficient (Wildman–Crippen LogP) is 5.63. The standard InChI is InChI=1S/C25H19IN4O7/c1-2-36-23-12-17(9-18(14-27)25(31)28-19-6-4-8-21(13-19)30(34)35)11-22(26)24(23)37-15-16-5-3-7-20(10-16)29(32)33/h3-13H,2,15H2,1H3,(H,28,31)/b18-9+. The van der Waals surface area contributed by atoms with Crippen molar-refractivity contribution in [3.63, 3.8) is 0 Å². The van der Waals surface area contributed by atoms with Crippen LogP contribution in [0.4, 0.5) is 17.1 Å². The van der Waals surface area contributed by atoms with Crippen molar-refractivity contribution in [2.45, 2.75) is 13.5 Å². The highest BCUT2D eigenvalue weighted by Crippen LogP contribution is 2.36. The number of halogens is 1. The van der Waals surface area contributed by atoms with E-state index in [9.17, 15) is 30.3 Å². The maximum Gasteiger partial charge on any atom is 0.271 e. The van der Waals surface area contributed by atoms with Gasteiger partial charge in [0.15, 0.2) is 11.5 Å². The highest BCUT2D eigenvalue weighted by Gasteiger charge is 2.16. The lowest BCUT2D eigenvalue weighted by molar-refractivity contribution is -0.385. The Morgan fingerprint density at radius 1 is 1.05 bits per heavy atom. The average Bonchev–Trinajstić information content (AvgIpc) is 2.87.